The minimum absolute atomic E-state index is 0.240. The molecule has 0 aromatic carbocycles. The van der Waals surface area contributed by atoms with Crippen molar-refractivity contribution in [2.45, 2.75) is 32.7 Å². The third kappa shape index (κ3) is 2.37. The van der Waals surface area contributed by atoms with E-state index >= 15 is 0 Å². The predicted octanol–water partition coefficient (Wildman–Crippen LogP) is 1.15. The van der Waals surface area contributed by atoms with Gasteiger partial charge in [0, 0.05) is 12.6 Å². The second-order valence-electron chi connectivity index (χ2n) is 4.23. The Morgan fingerprint density at radius 2 is 2.39 bits per heavy atom. The lowest BCUT2D eigenvalue weighted by Crippen LogP contribution is -2.41. The lowest BCUT2D eigenvalue weighted by molar-refractivity contribution is -0.147. The van der Waals surface area contributed by atoms with Gasteiger partial charge in [-0.15, -0.1) is 0 Å². The average Bonchev–Trinajstić information content (AvgIpc) is 2.96. The second-order valence-corrected chi connectivity index (χ2v) is 4.23. The Morgan fingerprint density at radius 3 is 3.00 bits per heavy atom. The molecule has 0 saturated carbocycles. The van der Waals surface area contributed by atoms with Crippen molar-refractivity contribution in [2.75, 3.05) is 13.2 Å². The highest BCUT2D eigenvalue weighted by Gasteiger charge is 2.36. The number of carbonyl (C=O) groups excluding carboxylic acids is 2. The Hall–Kier alpha value is -1.85. The van der Waals surface area contributed by atoms with E-state index in [0.29, 0.717) is 25.3 Å². The maximum absolute atomic E-state index is 12.2. The van der Waals surface area contributed by atoms with Crippen molar-refractivity contribution >= 4 is 11.9 Å². The summed E-state index contributed by atoms with van der Waals surface area (Å²) < 4.78 is 9.85. The van der Waals surface area contributed by atoms with Crippen LogP contribution in [0, 0.1) is 6.92 Å². The molecule has 18 heavy (non-hydrogen) atoms. The van der Waals surface area contributed by atoms with Crippen LogP contribution in [0.5, 0.6) is 0 Å². The van der Waals surface area contributed by atoms with Gasteiger partial charge < -0.3 is 14.2 Å². The average molecular weight is 252 g/mol. The first-order valence-electron chi connectivity index (χ1n) is 6.04. The van der Waals surface area contributed by atoms with E-state index in [1.807, 2.05) is 0 Å². The summed E-state index contributed by atoms with van der Waals surface area (Å²) in [4.78, 5) is 25.4. The van der Waals surface area contributed by atoms with Gasteiger partial charge in [-0.3, -0.25) is 4.79 Å². The van der Waals surface area contributed by atoms with Crippen LogP contribution in [0.3, 0.4) is 0 Å². The summed E-state index contributed by atoms with van der Waals surface area (Å²) in [7, 11) is 0. The number of hydrogen-bond donors (Lipinski definition) is 0. The zero-order valence-electron chi connectivity index (χ0n) is 10.5. The van der Waals surface area contributed by atoms with Gasteiger partial charge in [0.1, 0.15) is 11.8 Å². The normalized spacial score (nSPS) is 19.0. The molecule has 1 aliphatic heterocycles. The van der Waals surface area contributed by atoms with Gasteiger partial charge in [-0.05, 0) is 26.7 Å². The van der Waals surface area contributed by atoms with Crippen LogP contribution < -0.4 is 0 Å². The van der Waals surface area contributed by atoms with Crippen LogP contribution in [0.4, 0.5) is 0 Å². The number of carbonyl (C=O) groups is 2. The standard InChI is InChI=1S/C12H16N2O4/c1-3-17-12(16)10-5-4-6-14(10)11(15)9-7-8(2)18-13-9/h7,10H,3-6H2,1-2H3. The molecular weight excluding hydrogens is 236 g/mol. The van der Waals surface area contributed by atoms with E-state index in [1.54, 1.807) is 19.9 Å². The first-order valence-corrected chi connectivity index (χ1v) is 6.04. The molecule has 0 spiro atoms. The number of amides is 1. The van der Waals surface area contributed by atoms with E-state index in [0.717, 1.165) is 6.42 Å². The zero-order valence-corrected chi connectivity index (χ0v) is 10.5. The van der Waals surface area contributed by atoms with Gasteiger partial charge in [0.05, 0.1) is 6.61 Å². The Bertz CT molecular complexity index is 455. The summed E-state index contributed by atoms with van der Waals surface area (Å²) >= 11 is 0. The molecule has 1 aromatic heterocycles. The molecule has 1 aromatic rings. The fourth-order valence-corrected chi connectivity index (χ4v) is 2.11. The highest BCUT2D eigenvalue weighted by atomic mass is 16.5. The van der Waals surface area contributed by atoms with E-state index in [1.165, 1.54) is 4.90 Å². The molecule has 0 aliphatic carbocycles. The molecule has 98 valence electrons. The van der Waals surface area contributed by atoms with Crippen molar-refractivity contribution in [3.8, 4) is 0 Å². The summed E-state index contributed by atoms with van der Waals surface area (Å²) in [5.74, 6) is -0.0452. The number of ether oxygens (including phenoxy) is 1. The number of aryl methyl sites for hydroxylation is 1. The van der Waals surface area contributed by atoms with Crippen LogP contribution in [0.2, 0.25) is 0 Å². The second kappa shape index (κ2) is 5.20. The maximum Gasteiger partial charge on any atom is 0.328 e. The molecule has 6 nitrogen and oxygen atoms in total. The monoisotopic (exact) mass is 252 g/mol. The third-order valence-corrected chi connectivity index (χ3v) is 2.92. The lowest BCUT2D eigenvalue weighted by atomic mass is 10.2. The molecule has 1 fully saturated rings. The molecule has 1 saturated heterocycles. The van der Waals surface area contributed by atoms with Gasteiger partial charge >= 0.3 is 5.97 Å². The quantitative estimate of drug-likeness (QED) is 0.754. The molecule has 1 aliphatic rings. The summed E-state index contributed by atoms with van der Waals surface area (Å²) in [6, 6.07) is 1.08. The first-order chi connectivity index (χ1) is 8.63. The van der Waals surface area contributed by atoms with E-state index in [4.69, 9.17) is 9.26 Å². The third-order valence-electron chi connectivity index (χ3n) is 2.92. The Morgan fingerprint density at radius 1 is 1.61 bits per heavy atom. The van der Waals surface area contributed by atoms with Crippen molar-refractivity contribution in [1.82, 2.24) is 10.1 Å². The van der Waals surface area contributed by atoms with Crippen LogP contribution in [0.25, 0.3) is 0 Å². The molecule has 0 N–H and O–H groups in total. The van der Waals surface area contributed by atoms with Gasteiger partial charge in [0.25, 0.3) is 5.91 Å². The highest BCUT2D eigenvalue weighted by molar-refractivity contribution is 5.95. The van der Waals surface area contributed by atoms with Crippen molar-refractivity contribution in [1.29, 1.82) is 0 Å². The van der Waals surface area contributed by atoms with Crippen LogP contribution in [0.15, 0.2) is 10.6 Å². The Labute approximate surface area is 105 Å². The topological polar surface area (TPSA) is 72.6 Å². The SMILES string of the molecule is CCOC(=O)C1CCCN1C(=O)c1cc(C)on1. The molecular formula is C12H16N2O4. The minimum Gasteiger partial charge on any atom is -0.464 e. The van der Waals surface area contributed by atoms with Gasteiger partial charge in [0.2, 0.25) is 0 Å². The molecule has 2 rings (SSSR count). The van der Waals surface area contributed by atoms with Crippen molar-refractivity contribution in [2.24, 2.45) is 0 Å². The predicted molar refractivity (Wildman–Crippen MR) is 61.9 cm³/mol. The molecule has 1 atom stereocenters. The van der Waals surface area contributed by atoms with E-state index in [2.05, 4.69) is 5.16 Å². The minimum atomic E-state index is -0.491. The molecule has 6 heteroatoms. The van der Waals surface area contributed by atoms with Gasteiger partial charge in [0.15, 0.2) is 5.69 Å². The number of likely N-dealkylation sites (tertiary alicyclic amines) is 1. The van der Waals surface area contributed by atoms with Crippen molar-refractivity contribution in [3.63, 3.8) is 0 Å². The van der Waals surface area contributed by atoms with Crippen LogP contribution in [0.1, 0.15) is 36.0 Å². The highest BCUT2D eigenvalue weighted by Crippen LogP contribution is 2.21. The van der Waals surface area contributed by atoms with Crippen LogP contribution >= 0.6 is 0 Å². The number of esters is 1. The molecule has 0 radical (unpaired) electrons. The van der Waals surface area contributed by atoms with Crippen molar-refractivity contribution in [3.05, 3.63) is 17.5 Å². The summed E-state index contributed by atoms with van der Waals surface area (Å²) in [6.07, 6.45) is 1.44. The van der Waals surface area contributed by atoms with Gasteiger partial charge in [-0.25, -0.2) is 4.79 Å². The molecule has 1 unspecified atom stereocenters. The van der Waals surface area contributed by atoms with E-state index in [-0.39, 0.29) is 17.6 Å². The summed E-state index contributed by atoms with van der Waals surface area (Å²) in [5.41, 5.74) is 0.240. The van der Waals surface area contributed by atoms with E-state index < -0.39 is 6.04 Å². The summed E-state index contributed by atoms with van der Waals surface area (Å²) in [6.45, 7) is 4.34. The number of nitrogens with zero attached hydrogens (tertiary/aromatic N) is 2. The smallest absolute Gasteiger partial charge is 0.328 e. The van der Waals surface area contributed by atoms with Crippen LogP contribution in [-0.4, -0.2) is 41.1 Å². The lowest BCUT2D eigenvalue weighted by Gasteiger charge is -2.21. The molecule has 2 heterocycles. The summed E-state index contributed by atoms with van der Waals surface area (Å²) in [5, 5.41) is 3.68. The molecule has 1 amide bonds. The Balaban J connectivity index is 2.11. The fourth-order valence-electron chi connectivity index (χ4n) is 2.11. The zero-order chi connectivity index (χ0) is 13.1. The van der Waals surface area contributed by atoms with Gasteiger partial charge in [-0.2, -0.15) is 0 Å². The first kappa shape index (κ1) is 12.6. The fraction of sp³-hybridized carbons (Fsp3) is 0.583. The van der Waals surface area contributed by atoms with E-state index in [9.17, 15) is 9.59 Å². The number of aromatic nitrogens is 1. The molecule has 0 bridgehead atoms. The number of rotatable bonds is 3. The maximum atomic E-state index is 12.2. The largest absolute Gasteiger partial charge is 0.464 e. The Kier molecular flexibility index (Phi) is 3.64. The van der Waals surface area contributed by atoms with Gasteiger partial charge in [-0.1, -0.05) is 5.16 Å². The number of hydrogen-bond acceptors (Lipinski definition) is 5. The van der Waals surface area contributed by atoms with Crippen molar-refractivity contribution < 1.29 is 18.8 Å². The van der Waals surface area contributed by atoms with Crippen LogP contribution in [-0.2, 0) is 9.53 Å².